The summed E-state index contributed by atoms with van der Waals surface area (Å²) in [4.78, 5) is 16.5. The van der Waals surface area contributed by atoms with Crippen LogP contribution in [0.4, 0.5) is 5.69 Å². The summed E-state index contributed by atoms with van der Waals surface area (Å²) >= 11 is 9.21. The number of nitrogens with zero attached hydrogens (tertiary/aromatic N) is 2. The number of hydrogen-bond donors (Lipinski definition) is 1. The van der Waals surface area contributed by atoms with Crippen LogP contribution in [0.5, 0.6) is 0 Å². The lowest BCUT2D eigenvalue weighted by atomic mass is 10.3. The number of aromatic nitrogens is 2. The third-order valence-corrected chi connectivity index (χ3v) is 3.38. The van der Waals surface area contributed by atoms with Crippen molar-refractivity contribution in [1.29, 1.82) is 0 Å². The lowest BCUT2D eigenvalue weighted by molar-refractivity contribution is 0.101. The van der Waals surface area contributed by atoms with E-state index in [0.29, 0.717) is 22.9 Å². The van der Waals surface area contributed by atoms with E-state index in [1.165, 1.54) is 0 Å². The molecule has 0 atom stereocenters. The third-order valence-electron chi connectivity index (χ3n) is 2.74. The maximum Gasteiger partial charge on any atom is 0.272 e. The van der Waals surface area contributed by atoms with Crippen molar-refractivity contribution in [3.05, 3.63) is 45.4 Å². The van der Waals surface area contributed by atoms with E-state index in [-0.39, 0.29) is 5.91 Å². The van der Waals surface area contributed by atoms with Gasteiger partial charge in [-0.1, -0.05) is 11.6 Å². The molecule has 0 aliphatic rings. The zero-order valence-electron chi connectivity index (χ0n) is 10.6. The van der Waals surface area contributed by atoms with Crippen LogP contribution in [0.3, 0.4) is 0 Å². The molecule has 6 heteroatoms. The van der Waals surface area contributed by atoms with E-state index in [0.717, 1.165) is 10.3 Å². The standard InChI is InChI=1S/C13H13BrClN3O/c1-3-18-7-9(15)6-11(18)13(19)17-10-4-5-12(14)16-8(10)2/h4-7H,3H2,1-2H3,(H,17,19). The first kappa shape index (κ1) is 14.1. The Balaban J connectivity index is 2.25. The van der Waals surface area contributed by atoms with Crippen LogP contribution in [0.25, 0.3) is 0 Å². The molecule has 0 aromatic carbocycles. The van der Waals surface area contributed by atoms with Crippen molar-refractivity contribution in [2.75, 3.05) is 5.32 Å². The van der Waals surface area contributed by atoms with Crippen molar-refractivity contribution < 1.29 is 4.79 Å². The smallest absolute Gasteiger partial charge is 0.272 e. The average Bonchev–Trinajstić information content (AvgIpc) is 2.74. The first-order valence-corrected chi connectivity index (χ1v) is 6.98. The van der Waals surface area contributed by atoms with Gasteiger partial charge in [-0.3, -0.25) is 4.79 Å². The van der Waals surface area contributed by atoms with Crippen molar-refractivity contribution in [2.45, 2.75) is 20.4 Å². The molecular weight excluding hydrogens is 330 g/mol. The molecule has 1 amide bonds. The molecule has 0 bridgehead atoms. The maximum atomic E-state index is 12.2. The monoisotopic (exact) mass is 341 g/mol. The van der Waals surface area contributed by atoms with Crippen LogP contribution in [-0.2, 0) is 6.54 Å². The van der Waals surface area contributed by atoms with Crippen LogP contribution in [0.15, 0.2) is 29.0 Å². The molecular formula is C13H13BrClN3O. The van der Waals surface area contributed by atoms with Crippen molar-refractivity contribution in [1.82, 2.24) is 9.55 Å². The van der Waals surface area contributed by atoms with Gasteiger partial charge in [0.05, 0.1) is 16.4 Å². The van der Waals surface area contributed by atoms with E-state index in [2.05, 4.69) is 26.2 Å². The summed E-state index contributed by atoms with van der Waals surface area (Å²) < 4.78 is 2.54. The second-order valence-corrected chi connectivity index (χ2v) is 5.30. The van der Waals surface area contributed by atoms with Crippen molar-refractivity contribution in [3.8, 4) is 0 Å². The molecule has 0 saturated carbocycles. The first-order chi connectivity index (χ1) is 9.01. The molecule has 2 heterocycles. The van der Waals surface area contributed by atoms with E-state index in [1.54, 1.807) is 22.9 Å². The molecule has 19 heavy (non-hydrogen) atoms. The summed E-state index contributed by atoms with van der Waals surface area (Å²) in [5.41, 5.74) is 1.98. The fourth-order valence-corrected chi connectivity index (χ4v) is 2.39. The molecule has 0 spiro atoms. The number of rotatable bonds is 3. The molecule has 100 valence electrons. The molecule has 2 rings (SSSR count). The summed E-state index contributed by atoms with van der Waals surface area (Å²) in [5.74, 6) is -0.194. The molecule has 2 aromatic rings. The summed E-state index contributed by atoms with van der Waals surface area (Å²) in [7, 11) is 0. The number of nitrogens with one attached hydrogen (secondary N) is 1. The van der Waals surface area contributed by atoms with Gasteiger partial charge in [-0.2, -0.15) is 0 Å². The van der Waals surface area contributed by atoms with Gasteiger partial charge >= 0.3 is 0 Å². The Bertz CT molecular complexity index is 624. The molecule has 0 saturated heterocycles. The van der Waals surface area contributed by atoms with Crippen LogP contribution in [0.1, 0.15) is 23.1 Å². The highest BCUT2D eigenvalue weighted by Crippen LogP contribution is 2.19. The lowest BCUT2D eigenvalue weighted by Crippen LogP contribution is -2.17. The lowest BCUT2D eigenvalue weighted by Gasteiger charge is -2.09. The van der Waals surface area contributed by atoms with Crippen LogP contribution in [0.2, 0.25) is 5.02 Å². The normalized spacial score (nSPS) is 10.5. The maximum absolute atomic E-state index is 12.2. The van der Waals surface area contributed by atoms with Gasteiger partial charge in [0.15, 0.2) is 0 Å². The van der Waals surface area contributed by atoms with Crippen molar-refractivity contribution in [3.63, 3.8) is 0 Å². The Morgan fingerprint density at radius 2 is 2.26 bits per heavy atom. The minimum Gasteiger partial charge on any atom is -0.342 e. The number of aryl methyl sites for hydroxylation is 2. The number of carbonyl (C=O) groups is 1. The SMILES string of the molecule is CCn1cc(Cl)cc1C(=O)Nc1ccc(Br)nc1C. The summed E-state index contributed by atoms with van der Waals surface area (Å²) in [6.45, 7) is 4.48. The predicted molar refractivity (Wildman–Crippen MR) is 79.7 cm³/mol. The van der Waals surface area contributed by atoms with Crippen LogP contribution in [-0.4, -0.2) is 15.5 Å². The molecule has 0 unspecified atom stereocenters. The Morgan fingerprint density at radius 1 is 1.53 bits per heavy atom. The van der Waals surface area contributed by atoms with Gasteiger partial charge in [0.2, 0.25) is 0 Å². The Kier molecular flexibility index (Phi) is 4.27. The first-order valence-electron chi connectivity index (χ1n) is 5.81. The van der Waals surface area contributed by atoms with Gasteiger partial charge in [-0.25, -0.2) is 4.98 Å². The van der Waals surface area contributed by atoms with Gasteiger partial charge in [0, 0.05) is 12.7 Å². The van der Waals surface area contributed by atoms with Gasteiger partial charge in [-0.05, 0) is 48.0 Å². The van der Waals surface area contributed by atoms with Crippen molar-refractivity contribution in [2.24, 2.45) is 0 Å². The van der Waals surface area contributed by atoms with Crippen LogP contribution < -0.4 is 5.32 Å². The number of halogens is 2. The number of amides is 1. The second-order valence-electron chi connectivity index (χ2n) is 4.05. The number of carbonyl (C=O) groups excluding carboxylic acids is 1. The van der Waals surface area contributed by atoms with Crippen LogP contribution >= 0.6 is 27.5 Å². The molecule has 2 aromatic heterocycles. The Hall–Kier alpha value is -1.33. The van der Waals surface area contributed by atoms with Gasteiger partial charge in [-0.15, -0.1) is 0 Å². The van der Waals surface area contributed by atoms with Gasteiger partial charge in [0.1, 0.15) is 10.3 Å². The predicted octanol–water partition coefficient (Wildman–Crippen LogP) is 3.88. The van der Waals surface area contributed by atoms with E-state index in [1.807, 2.05) is 19.9 Å². The topological polar surface area (TPSA) is 46.9 Å². The fourth-order valence-electron chi connectivity index (χ4n) is 1.78. The Labute approximate surface area is 124 Å². The zero-order valence-corrected chi connectivity index (χ0v) is 12.9. The highest BCUT2D eigenvalue weighted by Gasteiger charge is 2.13. The summed E-state index contributed by atoms with van der Waals surface area (Å²) in [6.07, 6.45) is 1.74. The van der Waals surface area contributed by atoms with E-state index >= 15 is 0 Å². The highest BCUT2D eigenvalue weighted by atomic mass is 79.9. The minimum atomic E-state index is -0.194. The number of pyridine rings is 1. The third kappa shape index (κ3) is 3.16. The average molecular weight is 343 g/mol. The number of hydrogen-bond acceptors (Lipinski definition) is 2. The quantitative estimate of drug-likeness (QED) is 0.861. The van der Waals surface area contributed by atoms with E-state index in [4.69, 9.17) is 11.6 Å². The largest absolute Gasteiger partial charge is 0.342 e. The van der Waals surface area contributed by atoms with Gasteiger partial charge in [0.25, 0.3) is 5.91 Å². The minimum absolute atomic E-state index is 0.194. The molecule has 0 fully saturated rings. The van der Waals surface area contributed by atoms with Gasteiger partial charge < -0.3 is 9.88 Å². The zero-order chi connectivity index (χ0) is 14.0. The molecule has 0 radical (unpaired) electrons. The summed E-state index contributed by atoms with van der Waals surface area (Å²) in [5, 5.41) is 3.39. The Morgan fingerprint density at radius 3 is 2.89 bits per heavy atom. The number of anilines is 1. The van der Waals surface area contributed by atoms with E-state index < -0.39 is 0 Å². The van der Waals surface area contributed by atoms with Crippen molar-refractivity contribution >= 4 is 39.1 Å². The van der Waals surface area contributed by atoms with Crippen LogP contribution in [0, 0.1) is 6.92 Å². The highest BCUT2D eigenvalue weighted by molar-refractivity contribution is 9.10. The molecule has 0 aliphatic heterocycles. The molecule has 1 N–H and O–H groups in total. The summed E-state index contributed by atoms with van der Waals surface area (Å²) in [6, 6.07) is 5.25. The molecule has 4 nitrogen and oxygen atoms in total. The second kappa shape index (κ2) is 5.75. The van der Waals surface area contributed by atoms with E-state index in [9.17, 15) is 4.79 Å². The molecule has 0 aliphatic carbocycles. The fraction of sp³-hybridized carbons (Fsp3) is 0.231.